The van der Waals surface area contributed by atoms with Crippen LogP contribution in [-0.2, 0) is 4.74 Å². The van der Waals surface area contributed by atoms with Gasteiger partial charge in [-0.2, -0.15) is 0 Å². The van der Waals surface area contributed by atoms with Crippen molar-refractivity contribution in [2.45, 2.75) is 31.4 Å². The van der Waals surface area contributed by atoms with Crippen molar-refractivity contribution in [1.29, 1.82) is 0 Å². The van der Waals surface area contributed by atoms with Crippen LogP contribution in [0.15, 0.2) is 24.3 Å². The Hall–Kier alpha value is -1.06. The van der Waals surface area contributed by atoms with Crippen LogP contribution in [-0.4, -0.2) is 26.9 Å². The highest BCUT2D eigenvalue weighted by molar-refractivity contribution is 5.36. The summed E-state index contributed by atoms with van der Waals surface area (Å²) in [5.41, 5.74) is 1.18. The van der Waals surface area contributed by atoms with Gasteiger partial charge in [0.2, 0.25) is 0 Å². The molecule has 1 aliphatic heterocycles. The summed E-state index contributed by atoms with van der Waals surface area (Å²) in [5, 5.41) is 3.36. The van der Waals surface area contributed by atoms with Gasteiger partial charge in [-0.25, -0.2) is 0 Å². The van der Waals surface area contributed by atoms with Gasteiger partial charge in [0.15, 0.2) is 0 Å². The summed E-state index contributed by atoms with van der Waals surface area (Å²) >= 11 is 0. The van der Waals surface area contributed by atoms with Gasteiger partial charge in [-0.3, -0.25) is 0 Å². The molecule has 0 radical (unpaired) electrons. The molecule has 0 saturated carbocycles. The van der Waals surface area contributed by atoms with Gasteiger partial charge in [-0.1, -0.05) is 18.2 Å². The lowest BCUT2D eigenvalue weighted by atomic mass is 9.95. The molecule has 1 fully saturated rings. The minimum Gasteiger partial charge on any atom is -0.496 e. The maximum Gasteiger partial charge on any atom is 0.123 e. The Morgan fingerprint density at radius 3 is 2.82 bits per heavy atom. The third-order valence-electron chi connectivity index (χ3n) is 3.37. The van der Waals surface area contributed by atoms with Crippen molar-refractivity contribution < 1.29 is 9.47 Å². The van der Waals surface area contributed by atoms with Gasteiger partial charge in [-0.05, 0) is 32.4 Å². The van der Waals surface area contributed by atoms with E-state index in [9.17, 15) is 0 Å². The number of likely N-dealkylation sites (N-methyl/N-ethyl adjacent to an activating group) is 1. The van der Waals surface area contributed by atoms with E-state index in [2.05, 4.69) is 11.4 Å². The fourth-order valence-corrected chi connectivity index (χ4v) is 2.49. The van der Waals surface area contributed by atoms with Crippen molar-refractivity contribution in [1.82, 2.24) is 5.32 Å². The number of nitrogens with one attached hydrogen (secondary N) is 1. The molecule has 1 saturated heterocycles. The highest BCUT2D eigenvalue weighted by Crippen LogP contribution is 2.31. The van der Waals surface area contributed by atoms with Crippen LogP contribution in [0.4, 0.5) is 0 Å². The Morgan fingerprint density at radius 1 is 1.35 bits per heavy atom. The summed E-state index contributed by atoms with van der Waals surface area (Å²) in [6, 6.07) is 8.37. The predicted octanol–water partition coefficient (Wildman–Crippen LogP) is 2.52. The summed E-state index contributed by atoms with van der Waals surface area (Å²) in [6.45, 7) is 0.873. The maximum absolute atomic E-state index is 5.87. The molecule has 0 bridgehead atoms. The van der Waals surface area contributed by atoms with Gasteiger partial charge in [0.25, 0.3) is 0 Å². The summed E-state index contributed by atoms with van der Waals surface area (Å²) in [6.07, 6.45) is 3.80. The molecule has 1 aromatic carbocycles. The number of methoxy groups -OCH3 is 1. The van der Waals surface area contributed by atoms with Crippen LogP contribution in [0.3, 0.4) is 0 Å². The second kappa shape index (κ2) is 6.03. The molecule has 0 amide bonds. The fourth-order valence-electron chi connectivity index (χ4n) is 2.49. The minimum absolute atomic E-state index is 0.214. The number of para-hydroxylation sites is 1. The van der Waals surface area contributed by atoms with E-state index < -0.39 is 0 Å². The van der Waals surface area contributed by atoms with Crippen LogP contribution in [0.5, 0.6) is 5.75 Å². The summed E-state index contributed by atoms with van der Waals surface area (Å²) in [5.74, 6) is 0.932. The van der Waals surface area contributed by atoms with Crippen LogP contribution in [0.1, 0.15) is 30.9 Å². The monoisotopic (exact) mass is 235 g/mol. The number of benzene rings is 1. The molecule has 3 nitrogen and oxygen atoms in total. The van der Waals surface area contributed by atoms with E-state index in [1.165, 1.54) is 18.4 Å². The fraction of sp³-hybridized carbons (Fsp3) is 0.571. The van der Waals surface area contributed by atoms with Crippen LogP contribution in [0, 0.1) is 0 Å². The number of hydrogen-bond acceptors (Lipinski definition) is 3. The number of rotatable bonds is 4. The van der Waals surface area contributed by atoms with E-state index in [1.807, 2.05) is 25.2 Å². The van der Waals surface area contributed by atoms with Crippen molar-refractivity contribution in [2.75, 3.05) is 20.8 Å². The molecular weight excluding hydrogens is 214 g/mol. The molecule has 1 heterocycles. The quantitative estimate of drug-likeness (QED) is 0.870. The summed E-state index contributed by atoms with van der Waals surface area (Å²) < 4.78 is 11.3. The lowest BCUT2D eigenvalue weighted by Gasteiger charge is -2.31. The molecular formula is C14H21NO2. The zero-order valence-corrected chi connectivity index (χ0v) is 10.6. The first-order valence-electron chi connectivity index (χ1n) is 6.28. The number of ether oxygens (including phenoxy) is 2. The first-order valence-corrected chi connectivity index (χ1v) is 6.28. The third kappa shape index (κ3) is 2.79. The van der Waals surface area contributed by atoms with Gasteiger partial charge < -0.3 is 14.8 Å². The molecule has 2 unspecified atom stereocenters. The molecule has 2 rings (SSSR count). The Labute approximate surface area is 103 Å². The van der Waals surface area contributed by atoms with Crippen LogP contribution in [0.25, 0.3) is 0 Å². The van der Waals surface area contributed by atoms with Gasteiger partial charge in [0.05, 0.1) is 19.3 Å². The predicted molar refractivity (Wildman–Crippen MR) is 68.4 cm³/mol. The zero-order valence-electron chi connectivity index (χ0n) is 10.6. The Bertz CT molecular complexity index is 348. The molecule has 17 heavy (non-hydrogen) atoms. The summed E-state index contributed by atoms with van der Waals surface area (Å²) in [4.78, 5) is 0. The topological polar surface area (TPSA) is 30.5 Å². The van der Waals surface area contributed by atoms with Crippen molar-refractivity contribution in [3.63, 3.8) is 0 Å². The minimum atomic E-state index is 0.214. The van der Waals surface area contributed by atoms with Crippen molar-refractivity contribution in [3.8, 4) is 5.75 Å². The Kier molecular flexibility index (Phi) is 4.40. The molecule has 1 N–H and O–H groups in total. The Morgan fingerprint density at radius 2 is 2.18 bits per heavy atom. The molecule has 0 aromatic heterocycles. The van der Waals surface area contributed by atoms with Gasteiger partial charge in [-0.15, -0.1) is 0 Å². The van der Waals surface area contributed by atoms with E-state index in [0.717, 1.165) is 18.8 Å². The SMILES string of the molecule is CNC(c1ccccc1OC)C1CCCCO1. The molecule has 2 atom stereocenters. The maximum atomic E-state index is 5.87. The van der Waals surface area contributed by atoms with E-state index in [0.29, 0.717) is 0 Å². The first-order chi connectivity index (χ1) is 8.36. The molecule has 0 spiro atoms. The van der Waals surface area contributed by atoms with Crippen molar-refractivity contribution >= 4 is 0 Å². The smallest absolute Gasteiger partial charge is 0.123 e. The van der Waals surface area contributed by atoms with Crippen LogP contribution >= 0.6 is 0 Å². The summed E-state index contributed by atoms with van der Waals surface area (Å²) in [7, 11) is 3.70. The molecule has 94 valence electrons. The molecule has 1 aliphatic rings. The molecule has 0 aliphatic carbocycles. The lowest BCUT2D eigenvalue weighted by Crippen LogP contribution is -2.34. The van der Waals surface area contributed by atoms with Crippen LogP contribution in [0.2, 0.25) is 0 Å². The van der Waals surface area contributed by atoms with Crippen molar-refractivity contribution in [3.05, 3.63) is 29.8 Å². The van der Waals surface area contributed by atoms with Gasteiger partial charge in [0.1, 0.15) is 5.75 Å². The second-order valence-corrected chi connectivity index (χ2v) is 4.41. The van der Waals surface area contributed by atoms with Crippen molar-refractivity contribution in [2.24, 2.45) is 0 Å². The highest BCUT2D eigenvalue weighted by Gasteiger charge is 2.26. The van der Waals surface area contributed by atoms with Gasteiger partial charge >= 0.3 is 0 Å². The van der Waals surface area contributed by atoms with Gasteiger partial charge in [0, 0.05) is 12.2 Å². The van der Waals surface area contributed by atoms with Crippen LogP contribution < -0.4 is 10.1 Å². The largest absolute Gasteiger partial charge is 0.496 e. The lowest BCUT2D eigenvalue weighted by molar-refractivity contribution is -0.00705. The normalized spacial score (nSPS) is 22.1. The Balaban J connectivity index is 2.21. The standard InChI is InChI=1S/C14H21NO2/c1-15-14(13-9-5-6-10-17-13)11-7-3-4-8-12(11)16-2/h3-4,7-8,13-15H,5-6,9-10H2,1-2H3. The van der Waals surface area contributed by atoms with E-state index in [4.69, 9.17) is 9.47 Å². The highest BCUT2D eigenvalue weighted by atomic mass is 16.5. The average molecular weight is 235 g/mol. The van der Waals surface area contributed by atoms with E-state index in [-0.39, 0.29) is 12.1 Å². The third-order valence-corrected chi connectivity index (χ3v) is 3.37. The zero-order chi connectivity index (χ0) is 12.1. The molecule has 1 aromatic rings. The second-order valence-electron chi connectivity index (χ2n) is 4.41. The van der Waals surface area contributed by atoms with E-state index in [1.54, 1.807) is 7.11 Å². The number of hydrogen-bond donors (Lipinski definition) is 1. The van der Waals surface area contributed by atoms with E-state index >= 15 is 0 Å². The average Bonchev–Trinajstić information content (AvgIpc) is 2.41. The first kappa shape index (κ1) is 12.4. The molecule has 3 heteroatoms.